The summed E-state index contributed by atoms with van der Waals surface area (Å²) >= 11 is 0. The van der Waals surface area contributed by atoms with Crippen LogP contribution >= 0.6 is 0 Å². The molecule has 732 valence electrons. The molecule has 17 nitrogen and oxygen atoms in total. The van der Waals surface area contributed by atoms with Crippen LogP contribution in [-0.4, -0.2) is 136 Å². The van der Waals surface area contributed by atoms with Gasteiger partial charge in [0.25, 0.3) is 0 Å². The van der Waals surface area contributed by atoms with Gasteiger partial charge in [-0.25, -0.2) is 9.59 Å². The van der Waals surface area contributed by atoms with E-state index < -0.39 is 0 Å². The lowest BCUT2D eigenvalue weighted by Crippen LogP contribution is -2.40. The largest absolute Gasteiger partial charge is 0.494 e. The summed E-state index contributed by atoms with van der Waals surface area (Å²) in [4.78, 5) is 41.2. The Labute approximate surface area is 753 Å². The molecule has 0 aliphatic carbocycles. The van der Waals surface area contributed by atoms with Crippen molar-refractivity contribution in [2.75, 3.05) is 112 Å². The van der Waals surface area contributed by atoms with Crippen molar-refractivity contribution in [1.29, 1.82) is 0 Å². The van der Waals surface area contributed by atoms with E-state index in [1.54, 1.807) is 6.08 Å². The Morgan fingerprint density at radius 2 is 0.672 bits per heavy atom. The molecule has 0 aromatic rings. The van der Waals surface area contributed by atoms with Gasteiger partial charge in [-0.15, -0.1) is 0 Å². The summed E-state index contributed by atoms with van der Waals surface area (Å²) < 4.78 is 24.6. The van der Waals surface area contributed by atoms with Crippen LogP contribution in [0, 0.1) is 0 Å². The van der Waals surface area contributed by atoms with Crippen molar-refractivity contribution in [2.24, 2.45) is 0 Å². The fraction of sp³-hybridized carbons (Fsp3) is 0.784. The van der Waals surface area contributed by atoms with Crippen molar-refractivity contribution in [1.82, 2.24) is 42.5 Å². The monoisotopic (exact) mass is 1710 g/mol. The van der Waals surface area contributed by atoms with E-state index in [0.717, 1.165) is 147 Å². The number of nitrogens with one attached hydrogen (secondary N) is 8. The second-order valence-electron chi connectivity index (χ2n) is 18.0. The minimum absolute atomic E-state index is 0.0231. The molecular formula is C102H230N8O9. The minimum Gasteiger partial charge on any atom is -0.494 e. The van der Waals surface area contributed by atoms with E-state index in [4.69, 9.17) is 18.9 Å². The van der Waals surface area contributed by atoms with Crippen molar-refractivity contribution < 1.29 is 42.9 Å². The SMILES string of the molecule is C1=CCNC1.C1=CCNCC1.C1=CCOCC1.C1CCCNCC1.C1CCCOCC1.C=C1C=CCCN1.C=C1C=CCCO1.C=C1CCNC(=O)N1.CC.CC.CC.CC.CC.CC.CC.CC.CC.CC.CC.CC.CC.CC.CC.CC.CC.CC.CC.CC.CC.CC.O=C1C=CCN1.O=C1CCCCCO1.O=C1NCCCCO1. The van der Waals surface area contributed by atoms with Crippen LogP contribution in [0.25, 0.3) is 0 Å². The molecule has 11 aliphatic rings. The zero-order chi connectivity index (χ0) is 98.2. The Morgan fingerprint density at radius 1 is 0.269 bits per heavy atom. The molecule has 11 heterocycles. The van der Waals surface area contributed by atoms with Gasteiger partial charge in [-0.05, 0) is 115 Å². The van der Waals surface area contributed by atoms with E-state index in [1.165, 1.54) is 77.0 Å². The normalized spacial score (nSPS) is 14.3. The van der Waals surface area contributed by atoms with Crippen LogP contribution in [0.4, 0.5) is 9.59 Å². The Bertz CT molecular complexity index is 1530. The molecule has 5 saturated heterocycles. The van der Waals surface area contributed by atoms with Gasteiger partial charge in [0.2, 0.25) is 5.91 Å². The number of alkyl carbamates (subject to hydrolysis) is 1. The van der Waals surface area contributed by atoms with E-state index in [2.05, 4.69) is 110 Å². The summed E-state index contributed by atoms with van der Waals surface area (Å²) in [5.74, 6) is 0.781. The van der Waals surface area contributed by atoms with E-state index in [0.29, 0.717) is 32.7 Å². The van der Waals surface area contributed by atoms with Gasteiger partial charge >= 0.3 is 18.1 Å². The average molecular weight is 1710 g/mol. The van der Waals surface area contributed by atoms with Gasteiger partial charge < -0.3 is 66.2 Å². The standard InChI is InChI=1S/C6H9N.C6H13N.C6H10O2.C6H8O.C6H12O.C5H8N2O.C5H9NO2.C5H9N.C5H8O.C4H5NO.C4H7N.22C2H6/c1-6-4-2-3-5-7-6;1-2-4-6-7-5-3-1;7-6-4-2-1-3-5-8-6;1-6-4-2-3-5-7-6;1-2-4-6-7-5-3-1;1-4-2-3-6-5(8)7-4;7-5-6-3-1-2-4-8-5;2*1-2-4-6-5-3-1;6-4-2-1-3-5-4;1-2-4-5-3-1;22*1-2/h2,4,7H,1,3,5H2;7H,1-6H2;1-5H2;2,4H,1,3,5H2;1-6H2;1-3H2,(H2,6,7,8);1-4H2,(H,6,7);1-2,6H,3-5H2;1-2H,3-5H2;1-2H,3H2,(H,5,6);1-2,5H,3-4H2;22*1-2H3. The number of allylic oxidation sites excluding steroid dienone is 2. The van der Waals surface area contributed by atoms with Crippen molar-refractivity contribution in [2.45, 2.75) is 427 Å². The molecule has 0 atom stereocenters. The van der Waals surface area contributed by atoms with Gasteiger partial charge in [0.1, 0.15) is 5.76 Å². The highest BCUT2D eigenvalue weighted by Gasteiger charge is 2.08. The number of cyclic esters (lactones) is 2. The van der Waals surface area contributed by atoms with Crippen LogP contribution < -0.4 is 42.5 Å². The molecule has 4 amide bonds. The molecule has 0 radical (unpaired) electrons. The Kier molecular flexibility index (Phi) is 345. The summed E-state index contributed by atoms with van der Waals surface area (Å²) in [5.41, 5.74) is 1.83. The maximum absolute atomic E-state index is 10.5. The molecule has 5 fully saturated rings. The first-order chi connectivity index (χ1) is 58.8. The first kappa shape index (κ1) is 172. The summed E-state index contributed by atoms with van der Waals surface area (Å²) in [7, 11) is 0. The molecule has 0 aromatic carbocycles. The quantitative estimate of drug-likeness (QED) is 0.0839. The molecule has 11 aliphatic heterocycles. The molecule has 119 heavy (non-hydrogen) atoms. The molecule has 0 spiro atoms. The van der Waals surface area contributed by atoms with E-state index in [1.807, 2.05) is 323 Å². The topological polar surface area (TPSA) is 211 Å². The third-order valence-electron chi connectivity index (χ3n) is 11.1. The zero-order valence-corrected chi connectivity index (χ0v) is 89.7. The van der Waals surface area contributed by atoms with Gasteiger partial charge in [-0.2, -0.15) is 0 Å². The lowest BCUT2D eigenvalue weighted by atomic mass is 10.2. The van der Waals surface area contributed by atoms with Crippen molar-refractivity contribution in [3.8, 4) is 0 Å². The fourth-order valence-electron chi connectivity index (χ4n) is 6.86. The van der Waals surface area contributed by atoms with Crippen LogP contribution in [0.2, 0.25) is 0 Å². The number of hydrogen-bond donors (Lipinski definition) is 8. The van der Waals surface area contributed by atoms with Crippen molar-refractivity contribution >= 4 is 24.0 Å². The van der Waals surface area contributed by atoms with E-state index >= 15 is 0 Å². The number of carbonyl (C=O) groups excluding carboxylic acids is 4. The number of ether oxygens (including phenoxy) is 5. The highest BCUT2D eigenvalue weighted by atomic mass is 16.5. The molecule has 0 saturated carbocycles. The van der Waals surface area contributed by atoms with Gasteiger partial charge in [-0.3, -0.25) is 9.59 Å². The third-order valence-corrected chi connectivity index (χ3v) is 11.1. The average Bonchev–Trinajstić information content (AvgIpc) is 1.80. The van der Waals surface area contributed by atoms with Gasteiger partial charge in [0.05, 0.1) is 33.0 Å². The van der Waals surface area contributed by atoms with Crippen LogP contribution in [0.15, 0.2) is 110 Å². The Balaban J connectivity index is -0.0000000416. The Morgan fingerprint density at radius 3 is 0.950 bits per heavy atom. The second kappa shape index (κ2) is 239. The third kappa shape index (κ3) is 235. The molecule has 0 unspecified atom stereocenters. The summed E-state index contributed by atoms with van der Waals surface area (Å²) in [6.45, 7) is 115. The van der Waals surface area contributed by atoms with Crippen LogP contribution in [0.5, 0.6) is 0 Å². The number of hydrogen-bond acceptors (Lipinski definition) is 13. The predicted octanol–water partition coefficient (Wildman–Crippen LogP) is 31.0. The minimum atomic E-state index is -0.275. The predicted molar refractivity (Wildman–Crippen MR) is 554 cm³/mol. The molecule has 11 rings (SSSR count). The summed E-state index contributed by atoms with van der Waals surface area (Å²) in [6, 6.07) is -0.138. The molecule has 8 N–H and O–H groups in total. The maximum Gasteiger partial charge on any atom is 0.407 e. The van der Waals surface area contributed by atoms with Gasteiger partial charge in [0, 0.05) is 89.3 Å². The number of esters is 1. The molecule has 0 aromatic heterocycles. The summed E-state index contributed by atoms with van der Waals surface area (Å²) in [6.07, 6.45) is 46.0. The van der Waals surface area contributed by atoms with Crippen LogP contribution in [0.1, 0.15) is 427 Å². The second-order valence-corrected chi connectivity index (χ2v) is 18.0. The maximum atomic E-state index is 10.5. The lowest BCUT2D eigenvalue weighted by molar-refractivity contribution is -0.142. The highest BCUT2D eigenvalue weighted by molar-refractivity contribution is 5.89. The number of carbonyl (C=O) groups is 4. The number of urea groups is 1. The van der Waals surface area contributed by atoms with E-state index in [-0.39, 0.29) is 24.0 Å². The molecule has 17 heteroatoms. The number of amides is 4. The lowest BCUT2D eigenvalue weighted by Gasteiger charge is -2.14. The Hall–Kier alpha value is -5.46. The number of rotatable bonds is 0. The molecule has 0 bridgehead atoms. The summed E-state index contributed by atoms with van der Waals surface area (Å²) in [5, 5.41) is 23.0. The molecular weight excluding hydrogens is 1480 g/mol. The van der Waals surface area contributed by atoms with Crippen molar-refractivity contribution in [3.05, 3.63) is 110 Å². The first-order valence-electron chi connectivity index (χ1n) is 49.8. The van der Waals surface area contributed by atoms with Crippen LogP contribution in [0.3, 0.4) is 0 Å². The van der Waals surface area contributed by atoms with Crippen LogP contribution in [-0.2, 0) is 33.3 Å². The van der Waals surface area contributed by atoms with E-state index in [9.17, 15) is 19.2 Å². The fourth-order valence-corrected chi connectivity index (χ4v) is 6.86. The smallest absolute Gasteiger partial charge is 0.407 e. The first-order valence-corrected chi connectivity index (χ1v) is 49.8. The van der Waals surface area contributed by atoms with Crippen molar-refractivity contribution in [3.63, 3.8) is 0 Å². The van der Waals surface area contributed by atoms with Gasteiger partial charge in [0.15, 0.2) is 0 Å². The highest BCUT2D eigenvalue weighted by Crippen LogP contribution is 2.07. The zero-order valence-electron chi connectivity index (χ0n) is 89.7. The van der Waals surface area contributed by atoms with Gasteiger partial charge in [-0.1, -0.05) is 405 Å².